The number of hydrogen-bond acceptors (Lipinski definition) is 2. The van der Waals surface area contributed by atoms with Gasteiger partial charge in [0.05, 0.1) is 11.7 Å². The SMILES string of the molecule is I.NC(=NC1CC1)N1CCN(c2ccccc2F)CC1. The zero-order chi connectivity index (χ0) is 13.2. The van der Waals surface area contributed by atoms with Crippen LogP contribution in [0.25, 0.3) is 0 Å². The third kappa shape index (κ3) is 3.53. The number of rotatable bonds is 2. The van der Waals surface area contributed by atoms with Crippen molar-refractivity contribution in [3.8, 4) is 0 Å². The number of nitrogens with two attached hydrogens (primary N) is 1. The molecule has 0 amide bonds. The van der Waals surface area contributed by atoms with Crippen LogP contribution in [0.1, 0.15) is 12.8 Å². The monoisotopic (exact) mass is 390 g/mol. The van der Waals surface area contributed by atoms with Gasteiger partial charge in [0.2, 0.25) is 0 Å². The van der Waals surface area contributed by atoms with Gasteiger partial charge in [-0.05, 0) is 25.0 Å². The fourth-order valence-electron chi connectivity index (χ4n) is 2.36. The van der Waals surface area contributed by atoms with E-state index in [1.807, 2.05) is 12.1 Å². The predicted molar refractivity (Wildman–Crippen MR) is 90.2 cm³/mol. The molecule has 2 aliphatic rings. The molecular weight excluding hydrogens is 370 g/mol. The minimum Gasteiger partial charge on any atom is -0.370 e. The number of nitrogens with zero attached hydrogens (tertiary/aromatic N) is 3. The second-order valence-corrected chi connectivity index (χ2v) is 5.14. The van der Waals surface area contributed by atoms with Crippen LogP contribution in [0.2, 0.25) is 0 Å². The van der Waals surface area contributed by atoms with Crippen molar-refractivity contribution >= 4 is 35.6 Å². The van der Waals surface area contributed by atoms with Crippen LogP contribution in [-0.2, 0) is 0 Å². The molecule has 20 heavy (non-hydrogen) atoms. The Labute approximate surface area is 135 Å². The van der Waals surface area contributed by atoms with Crippen molar-refractivity contribution < 1.29 is 4.39 Å². The summed E-state index contributed by atoms with van der Waals surface area (Å²) in [6.07, 6.45) is 2.33. The predicted octanol–water partition coefficient (Wildman–Crippen LogP) is 2.04. The maximum Gasteiger partial charge on any atom is 0.191 e. The quantitative estimate of drug-likeness (QED) is 0.478. The standard InChI is InChI=1S/C14H19FN4.HI/c15-12-3-1-2-4-13(12)18-7-9-19(10-8-18)14(16)17-11-5-6-11;/h1-4,11H,5-10H2,(H2,16,17);1H. The van der Waals surface area contributed by atoms with Crippen molar-refractivity contribution in [2.75, 3.05) is 31.1 Å². The molecule has 0 atom stereocenters. The van der Waals surface area contributed by atoms with Gasteiger partial charge >= 0.3 is 0 Å². The van der Waals surface area contributed by atoms with Gasteiger partial charge in [-0.15, -0.1) is 24.0 Å². The molecule has 1 aliphatic carbocycles. The highest BCUT2D eigenvalue weighted by Crippen LogP contribution is 2.24. The minimum absolute atomic E-state index is 0. The van der Waals surface area contributed by atoms with E-state index in [0.717, 1.165) is 39.0 Å². The third-order valence-electron chi connectivity index (χ3n) is 3.66. The van der Waals surface area contributed by atoms with Gasteiger partial charge in [-0.2, -0.15) is 0 Å². The van der Waals surface area contributed by atoms with Gasteiger partial charge in [0.25, 0.3) is 0 Å². The Morgan fingerprint density at radius 1 is 1.15 bits per heavy atom. The van der Waals surface area contributed by atoms with E-state index in [4.69, 9.17) is 5.73 Å². The van der Waals surface area contributed by atoms with E-state index in [9.17, 15) is 4.39 Å². The van der Waals surface area contributed by atoms with Gasteiger partial charge in [-0.1, -0.05) is 12.1 Å². The van der Waals surface area contributed by atoms with E-state index in [-0.39, 0.29) is 29.8 Å². The lowest BCUT2D eigenvalue weighted by Gasteiger charge is -2.36. The highest BCUT2D eigenvalue weighted by atomic mass is 127. The van der Waals surface area contributed by atoms with Gasteiger partial charge in [-0.25, -0.2) is 9.38 Å². The smallest absolute Gasteiger partial charge is 0.191 e. The van der Waals surface area contributed by atoms with Gasteiger partial charge in [-0.3, -0.25) is 0 Å². The Morgan fingerprint density at radius 3 is 2.40 bits per heavy atom. The number of benzene rings is 1. The van der Waals surface area contributed by atoms with E-state index in [1.54, 1.807) is 6.07 Å². The summed E-state index contributed by atoms with van der Waals surface area (Å²) in [4.78, 5) is 8.61. The first kappa shape index (κ1) is 15.3. The molecule has 4 nitrogen and oxygen atoms in total. The average Bonchev–Trinajstić information content (AvgIpc) is 3.23. The lowest BCUT2D eigenvalue weighted by Crippen LogP contribution is -2.51. The fraction of sp³-hybridized carbons (Fsp3) is 0.500. The highest BCUT2D eigenvalue weighted by Gasteiger charge is 2.24. The van der Waals surface area contributed by atoms with E-state index >= 15 is 0 Å². The normalized spacial score (nSPS) is 19.8. The Balaban J connectivity index is 0.00000147. The van der Waals surface area contributed by atoms with Gasteiger partial charge in [0, 0.05) is 26.2 Å². The molecule has 6 heteroatoms. The lowest BCUT2D eigenvalue weighted by atomic mass is 10.2. The number of anilines is 1. The molecule has 1 aromatic carbocycles. The van der Waals surface area contributed by atoms with Crippen molar-refractivity contribution in [2.45, 2.75) is 18.9 Å². The van der Waals surface area contributed by atoms with Gasteiger partial charge in [0.15, 0.2) is 5.96 Å². The minimum atomic E-state index is -0.157. The molecule has 1 aliphatic heterocycles. The van der Waals surface area contributed by atoms with Crippen molar-refractivity contribution in [3.63, 3.8) is 0 Å². The summed E-state index contributed by atoms with van der Waals surface area (Å²) >= 11 is 0. The number of halogens is 2. The van der Waals surface area contributed by atoms with Crippen molar-refractivity contribution in [1.82, 2.24) is 4.90 Å². The molecule has 2 fully saturated rings. The van der Waals surface area contributed by atoms with Crippen LogP contribution in [0.4, 0.5) is 10.1 Å². The fourth-order valence-corrected chi connectivity index (χ4v) is 2.36. The summed E-state index contributed by atoms with van der Waals surface area (Å²) in [7, 11) is 0. The van der Waals surface area contributed by atoms with Crippen molar-refractivity contribution in [3.05, 3.63) is 30.1 Å². The third-order valence-corrected chi connectivity index (χ3v) is 3.66. The Kier molecular flexibility index (Phi) is 5.06. The van der Waals surface area contributed by atoms with Crippen LogP contribution in [-0.4, -0.2) is 43.1 Å². The number of piperazine rings is 1. The van der Waals surface area contributed by atoms with E-state index in [0.29, 0.717) is 17.7 Å². The summed E-state index contributed by atoms with van der Waals surface area (Å²) in [5.41, 5.74) is 6.67. The van der Waals surface area contributed by atoms with Crippen LogP contribution in [0.15, 0.2) is 29.3 Å². The summed E-state index contributed by atoms with van der Waals surface area (Å²) in [5.74, 6) is 0.492. The largest absolute Gasteiger partial charge is 0.370 e. The molecule has 0 spiro atoms. The molecular formula is C14H20FIN4. The lowest BCUT2D eigenvalue weighted by molar-refractivity contribution is 0.378. The Hall–Kier alpha value is -1.05. The first-order valence-corrected chi connectivity index (χ1v) is 6.82. The zero-order valence-electron chi connectivity index (χ0n) is 11.3. The molecule has 1 heterocycles. The van der Waals surface area contributed by atoms with Crippen molar-refractivity contribution in [1.29, 1.82) is 0 Å². The first-order chi connectivity index (χ1) is 9.24. The van der Waals surface area contributed by atoms with Gasteiger partial charge < -0.3 is 15.5 Å². The second kappa shape index (κ2) is 6.60. The van der Waals surface area contributed by atoms with Crippen LogP contribution >= 0.6 is 24.0 Å². The molecule has 2 N–H and O–H groups in total. The summed E-state index contributed by atoms with van der Waals surface area (Å²) in [5, 5.41) is 0. The average molecular weight is 390 g/mol. The number of hydrogen-bond donors (Lipinski definition) is 1. The number of para-hydroxylation sites is 1. The molecule has 0 radical (unpaired) electrons. The van der Waals surface area contributed by atoms with Gasteiger partial charge in [0.1, 0.15) is 5.82 Å². The first-order valence-electron chi connectivity index (χ1n) is 6.82. The van der Waals surface area contributed by atoms with Crippen LogP contribution in [0, 0.1) is 5.82 Å². The van der Waals surface area contributed by atoms with Crippen molar-refractivity contribution in [2.24, 2.45) is 10.7 Å². The molecule has 1 saturated heterocycles. The molecule has 1 aromatic rings. The maximum absolute atomic E-state index is 13.7. The van der Waals surface area contributed by atoms with Crippen LogP contribution < -0.4 is 10.6 Å². The molecule has 0 aromatic heterocycles. The van der Waals surface area contributed by atoms with E-state index < -0.39 is 0 Å². The Morgan fingerprint density at radius 2 is 1.80 bits per heavy atom. The van der Waals surface area contributed by atoms with E-state index in [2.05, 4.69) is 14.8 Å². The number of aliphatic imine (C=N–C) groups is 1. The molecule has 110 valence electrons. The van der Waals surface area contributed by atoms with Crippen LogP contribution in [0.3, 0.4) is 0 Å². The topological polar surface area (TPSA) is 44.9 Å². The summed E-state index contributed by atoms with van der Waals surface area (Å²) in [6, 6.07) is 7.37. The summed E-state index contributed by atoms with van der Waals surface area (Å²) < 4.78 is 13.7. The molecule has 0 unspecified atom stereocenters. The molecule has 3 rings (SSSR count). The van der Waals surface area contributed by atoms with Crippen LogP contribution in [0.5, 0.6) is 0 Å². The second-order valence-electron chi connectivity index (χ2n) is 5.14. The summed E-state index contributed by atoms with van der Waals surface area (Å²) in [6.45, 7) is 3.16. The maximum atomic E-state index is 13.7. The molecule has 1 saturated carbocycles. The Bertz CT molecular complexity index is 482. The number of guanidine groups is 1. The zero-order valence-corrected chi connectivity index (χ0v) is 13.7. The molecule has 0 bridgehead atoms. The van der Waals surface area contributed by atoms with E-state index in [1.165, 1.54) is 6.07 Å². The highest BCUT2D eigenvalue weighted by molar-refractivity contribution is 14.0.